The van der Waals surface area contributed by atoms with Crippen LogP contribution in [0.5, 0.6) is 5.88 Å². The van der Waals surface area contributed by atoms with E-state index in [0.29, 0.717) is 24.9 Å². The van der Waals surface area contributed by atoms with E-state index in [0.717, 1.165) is 28.5 Å². The Bertz CT molecular complexity index is 906. The van der Waals surface area contributed by atoms with Crippen LogP contribution in [-0.2, 0) is 13.0 Å². The molecule has 3 aromatic rings. The van der Waals surface area contributed by atoms with E-state index in [1.165, 1.54) is 12.1 Å². The van der Waals surface area contributed by atoms with Crippen molar-refractivity contribution in [1.29, 1.82) is 0 Å². The van der Waals surface area contributed by atoms with Gasteiger partial charge in [-0.1, -0.05) is 0 Å². The fraction of sp³-hybridized carbons (Fsp3) is 0.263. The van der Waals surface area contributed by atoms with Gasteiger partial charge in [-0.15, -0.1) is 0 Å². The molecule has 7 heteroatoms. The highest BCUT2D eigenvalue weighted by Gasteiger charge is 2.05. The van der Waals surface area contributed by atoms with Gasteiger partial charge in [-0.05, 0) is 41.8 Å². The minimum atomic E-state index is -0.235. The molecule has 0 unspecified atom stereocenters. The number of ether oxygens (including phenoxy) is 1. The molecule has 3 rings (SSSR count). The third-order valence-corrected chi connectivity index (χ3v) is 4.11. The Morgan fingerprint density at radius 3 is 2.96 bits per heavy atom. The SMILES string of the molecule is CN=C(NCCc1c[nH]c2cc(F)ccc12)NCc1ccnc(OC)c1. The van der Waals surface area contributed by atoms with E-state index in [1.54, 1.807) is 26.4 Å². The van der Waals surface area contributed by atoms with E-state index < -0.39 is 0 Å². The van der Waals surface area contributed by atoms with Gasteiger partial charge in [0.1, 0.15) is 5.82 Å². The van der Waals surface area contributed by atoms with Crippen molar-refractivity contribution < 1.29 is 9.13 Å². The monoisotopic (exact) mass is 355 g/mol. The fourth-order valence-electron chi connectivity index (χ4n) is 2.76. The van der Waals surface area contributed by atoms with E-state index in [4.69, 9.17) is 4.74 Å². The summed E-state index contributed by atoms with van der Waals surface area (Å²) in [4.78, 5) is 11.4. The van der Waals surface area contributed by atoms with Gasteiger partial charge in [-0.2, -0.15) is 0 Å². The van der Waals surface area contributed by atoms with Crippen LogP contribution in [0.1, 0.15) is 11.1 Å². The maximum Gasteiger partial charge on any atom is 0.213 e. The number of rotatable bonds is 6. The molecule has 2 aromatic heterocycles. The first kappa shape index (κ1) is 17.7. The van der Waals surface area contributed by atoms with Crippen LogP contribution in [0.25, 0.3) is 10.9 Å². The smallest absolute Gasteiger partial charge is 0.213 e. The topological polar surface area (TPSA) is 74.3 Å². The van der Waals surface area contributed by atoms with Crippen LogP contribution in [-0.4, -0.2) is 36.6 Å². The molecule has 0 atom stereocenters. The lowest BCUT2D eigenvalue weighted by Gasteiger charge is -2.12. The Morgan fingerprint density at radius 2 is 2.15 bits per heavy atom. The van der Waals surface area contributed by atoms with Crippen LogP contribution in [0.3, 0.4) is 0 Å². The molecule has 0 bridgehead atoms. The van der Waals surface area contributed by atoms with Gasteiger partial charge in [0, 0.05) is 49.5 Å². The van der Waals surface area contributed by atoms with Crippen LogP contribution in [0.15, 0.2) is 47.7 Å². The highest BCUT2D eigenvalue weighted by molar-refractivity contribution is 5.83. The van der Waals surface area contributed by atoms with E-state index >= 15 is 0 Å². The van der Waals surface area contributed by atoms with Crippen LogP contribution in [0, 0.1) is 5.82 Å². The quantitative estimate of drug-likeness (QED) is 0.469. The summed E-state index contributed by atoms with van der Waals surface area (Å²) in [6, 6.07) is 8.60. The van der Waals surface area contributed by atoms with Gasteiger partial charge < -0.3 is 20.4 Å². The van der Waals surface area contributed by atoms with Crippen molar-refractivity contribution in [3.8, 4) is 5.88 Å². The molecule has 26 heavy (non-hydrogen) atoms. The molecule has 1 aromatic carbocycles. The first-order valence-electron chi connectivity index (χ1n) is 8.38. The highest BCUT2D eigenvalue weighted by atomic mass is 19.1. The van der Waals surface area contributed by atoms with Crippen LogP contribution >= 0.6 is 0 Å². The first-order chi connectivity index (χ1) is 12.7. The zero-order valence-corrected chi connectivity index (χ0v) is 14.8. The molecule has 136 valence electrons. The first-order valence-corrected chi connectivity index (χ1v) is 8.38. The van der Waals surface area contributed by atoms with Gasteiger partial charge in [-0.3, -0.25) is 4.99 Å². The summed E-state index contributed by atoms with van der Waals surface area (Å²) in [5.41, 5.74) is 3.01. The van der Waals surface area contributed by atoms with Gasteiger partial charge in [-0.25, -0.2) is 9.37 Å². The Morgan fingerprint density at radius 1 is 1.27 bits per heavy atom. The Balaban J connectivity index is 1.52. The molecule has 0 amide bonds. The van der Waals surface area contributed by atoms with Crippen molar-refractivity contribution in [2.24, 2.45) is 4.99 Å². The number of aromatic amines is 1. The number of hydrogen-bond acceptors (Lipinski definition) is 3. The zero-order valence-electron chi connectivity index (χ0n) is 14.8. The standard InChI is InChI=1S/C19H22FN5O/c1-21-19(25-11-13-5-7-22-18(9-13)26-2)23-8-6-14-12-24-17-10-15(20)3-4-16(14)17/h3-5,7,9-10,12,24H,6,8,11H2,1-2H3,(H2,21,23,25). The molecule has 2 heterocycles. The van der Waals surface area contributed by atoms with Gasteiger partial charge in [0.15, 0.2) is 5.96 Å². The number of aliphatic imine (C=N–C) groups is 1. The summed E-state index contributed by atoms with van der Waals surface area (Å²) in [7, 11) is 3.33. The highest BCUT2D eigenvalue weighted by Crippen LogP contribution is 2.19. The molecular formula is C19H22FN5O. The van der Waals surface area contributed by atoms with Gasteiger partial charge >= 0.3 is 0 Å². The number of benzene rings is 1. The molecule has 0 aliphatic rings. The van der Waals surface area contributed by atoms with E-state index in [-0.39, 0.29) is 5.82 Å². The summed E-state index contributed by atoms with van der Waals surface area (Å²) in [6.45, 7) is 1.33. The number of hydrogen-bond donors (Lipinski definition) is 3. The second-order valence-corrected chi connectivity index (χ2v) is 5.81. The summed E-state index contributed by atoms with van der Waals surface area (Å²) < 4.78 is 18.4. The van der Waals surface area contributed by atoms with Crippen molar-refractivity contribution in [3.05, 3.63) is 59.7 Å². The molecule has 3 N–H and O–H groups in total. The number of pyridine rings is 1. The molecule has 0 saturated heterocycles. The predicted molar refractivity (Wildman–Crippen MR) is 101 cm³/mol. The number of guanidine groups is 1. The van der Waals surface area contributed by atoms with E-state index in [9.17, 15) is 4.39 Å². The lowest BCUT2D eigenvalue weighted by molar-refractivity contribution is 0.397. The Kier molecular flexibility index (Phi) is 5.68. The molecule has 0 spiro atoms. The van der Waals surface area contributed by atoms with Gasteiger partial charge in [0.25, 0.3) is 0 Å². The third-order valence-electron chi connectivity index (χ3n) is 4.11. The van der Waals surface area contributed by atoms with Crippen molar-refractivity contribution >= 4 is 16.9 Å². The number of nitrogens with zero attached hydrogens (tertiary/aromatic N) is 2. The maximum atomic E-state index is 13.3. The number of aromatic nitrogens is 2. The summed E-state index contributed by atoms with van der Waals surface area (Å²) in [5.74, 6) is 1.07. The van der Waals surface area contributed by atoms with Gasteiger partial charge in [0.2, 0.25) is 5.88 Å². The van der Waals surface area contributed by atoms with E-state index in [2.05, 4.69) is 25.6 Å². The fourth-order valence-corrected chi connectivity index (χ4v) is 2.76. The number of nitrogens with one attached hydrogen (secondary N) is 3. The molecular weight excluding hydrogens is 333 g/mol. The van der Waals surface area contributed by atoms with Crippen molar-refractivity contribution in [2.45, 2.75) is 13.0 Å². The van der Waals surface area contributed by atoms with Crippen molar-refractivity contribution in [3.63, 3.8) is 0 Å². The molecule has 0 aliphatic carbocycles. The number of fused-ring (bicyclic) bond motifs is 1. The summed E-state index contributed by atoms with van der Waals surface area (Å²) in [6.07, 6.45) is 4.44. The lowest BCUT2D eigenvalue weighted by Crippen LogP contribution is -2.37. The second-order valence-electron chi connectivity index (χ2n) is 5.81. The molecule has 0 radical (unpaired) electrons. The lowest BCUT2D eigenvalue weighted by atomic mass is 10.1. The van der Waals surface area contributed by atoms with Crippen LogP contribution in [0.2, 0.25) is 0 Å². The third kappa shape index (κ3) is 4.30. The van der Waals surface area contributed by atoms with Crippen LogP contribution in [0.4, 0.5) is 4.39 Å². The minimum Gasteiger partial charge on any atom is -0.481 e. The second kappa shape index (κ2) is 8.33. The molecule has 0 aliphatic heterocycles. The zero-order chi connectivity index (χ0) is 18.4. The van der Waals surface area contributed by atoms with Crippen molar-refractivity contribution in [2.75, 3.05) is 20.7 Å². The summed E-state index contributed by atoms with van der Waals surface area (Å²) in [5, 5.41) is 7.59. The van der Waals surface area contributed by atoms with Crippen molar-refractivity contribution in [1.82, 2.24) is 20.6 Å². The maximum absolute atomic E-state index is 13.3. The minimum absolute atomic E-state index is 0.235. The Labute approximate surface area is 151 Å². The number of H-pyrrole nitrogens is 1. The molecule has 0 saturated carbocycles. The van der Waals surface area contributed by atoms with Crippen LogP contribution < -0.4 is 15.4 Å². The molecule has 6 nitrogen and oxygen atoms in total. The molecule has 0 fully saturated rings. The average molecular weight is 355 g/mol. The average Bonchev–Trinajstić information content (AvgIpc) is 3.06. The largest absolute Gasteiger partial charge is 0.481 e. The Hall–Kier alpha value is -3.09. The van der Waals surface area contributed by atoms with E-state index in [1.807, 2.05) is 18.3 Å². The van der Waals surface area contributed by atoms with Gasteiger partial charge in [0.05, 0.1) is 7.11 Å². The normalized spacial score (nSPS) is 11.6. The predicted octanol–water partition coefficient (Wildman–Crippen LogP) is 2.62. The number of halogens is 1. The summed E-state index contributed by atoms with van der Waals surface area (Å²) >= 11 is 0. The number of methoxy groups -OCH3 is 1.